The molecule has 2 aromatic rings. The lowest BCUT2D eigenvalue weighted by Gasteiger charge is -2.30. The number of nitrogens with zero attached hydrogens (tertiary/aromatic N) is 1. The molecular weight excluding hydrogens is 296 g/mol. The summed E-state index contributed by atoms with van der Waals surface area (Å²) in [6, 6.07) is 7.28. The zero-order valence-corrected chi connectivity index (χ0v) is 13.0. The number of hydrogen-bond donors (Lipinski definition) is 1. The van der Waals surface area contributed by atoms with Gasteiger partial charge in [0.1, 0.15) is 0 Å². The highest BCUT2D eigenvalue weighted by Gasteiger charge is 2.34. The van der Waals surface area contributed by atoms with Gasteiger partial charge in [0.05, 0.1) is 10.4 Å². The first kappa shape index (κ1) is 13.6. The zero-order chi connectivity index (χ0) is 13.2. The van der Waals surface area contributed by atoms with E-state index in [-0.39, 0.29) is 0 Å². The first-order valence-electron chi connectivity index (χ1n) is 6.50. The number of nitrogens with two attached hydrogens (primary N) is 1. The number of rotatable bonds is 6. The van der Waals surface area contributed by atoms with Crippen molar-refractivity contribution in [1.82, 2.24) is 4.90 Å². The summed E-state index contributed by atoms with van der Waals surface area (Å²) in [6.07, 6.45) is 2.58. The van der Waals surface area contributed by atoms with Gasteiger partial charge in [0, 0.05) is 24.0 Å². The Morgan fingerprint density at radius 1 is 1.37 bits per heavy atom. The maximum absolute atomic E-state index is 6.06. The van der Waals surface area contributed by atoms with Crippen LogP contribution in [0.25, 0.3) is 0 Å². The van der Waals surface area contributed by atoms with Crippen LogP contribution in [0.4, 0.5) is 0 Å². The Morgan fingerprint density at radius 3 is 2.74 bits per heavy atom. The number of hydrogen-bond acceptors (Lipinski definition) is 4. The molecule has 2 N–H and O–H groups in total. The number of halogens is 1. The van der Waals surface area contributed by atoms with Gasteiger partial charge < -0.3 is 5.73 Å². The van der Waals surface area contributed by atoms with Gasteiger partial charge in [0.2, 0.25) is 0 Å². The van der Waals surface area contributed by atoms with Gasteiger partial charge in [-0.05, 0) is 47.4 Å². The van der Waals surface area contributed by atoms with Crippen LogP contribution in [0.1, 0.15) is 29.3 Å². The maximum atomic E-state index is 6.06. The topological polar surface area (TPSA) is 29.3 Å². The van der Waals surface area contributed by atoms with E-state index in [1.54, 1.807) is 22.7 Å². The molecule has 1 atom stereocenters. The lowest BCUT2D eigenvalue weighted by molar-refractivity contribution is 0.185. The molecule has 0 spiro atoms. The molecule has 5 heteroatoms. The lowest BCUT2D eigenvalue weighted by Crippen LogP contribution is -2.34. The van der Waals surface area contributed by atoms with Crippen molar-refractivity contribution in [1.29, 1.82) is 0 Å². The fourth-order valence-corrected chi connectivity index (χ4v) is 4.27. The molecule has 1 unspecified atom stereocenters. The fraction of sp³-hybridized carbons (Fsp3) is 0.429. The third-order valence-electron chi connectivity index (χ3n) is 3.51. The van der Waals surface area contributed by atoms with Crippen molar-refractivity contribution in [3.05, 3.63) is 43.7 Å². The van der Waals surface area contributed by atoms with Crippen molar-refractivity contribution in [2.75, 3.05) is 6.54 Å². The summed E-state index contributed by atoms with van der Waals surface area (Å²) in [5, 5.41) is 4.37. The van der Waals surface area contributed by atoms with Gasteiger partial charge in [-0.25, -0.2) is 0 Å². The lowest BCUT2D eigenvalue weighted by atomic mass is 10.1. The van der Waals surface area contributed by atoms with Gasteiger partial charge in [0.25, 0.3) is 0 Å². The summed E-state index contributed by atoms with van der Waals surface area (Å²) in [5.41, 5.74) is 7.42. The largest absolute Gasteiger partial charge is 0.329 e. The van der Waals surface area contributed by atoms with Crippen molar-refractivity contribution in [2.45, 2.75) is 31.5 Å². The maximum Gasteiger partial charge on any atom is 0.0931 e. The first-order valence-corrected chi connectivity index (χ1v) is 8.64. The highest BCUT2D eigenvalue weighted by Crippen LogP contribution is 2.38. The highest BCUT2D eigenvalue weighted by molar-refractivity contribution is 7.16. The Labute approximate surface area is 126 Å². The Balaban J connectivity index is 1.81. The number of thiophene rings is 2. The van der Waals surface area contributed by atoms with Gasteiger partial charge >= 0.3 is 0 Å². The van der Waals surface area contributed by atoms with E-state index in [2.05, 4.69) is 27.8 Å². The van der Waals surface area contributed by atoms with E-state index >= 15 is 0 Å². The third-order valence-corrected chi connectivity index (χ3v) is 5.57. The van der Waals surface area contributed by atoms with Gasteiger partial charge in [-0.15, -0.1) is 11.3 Å². The van der Waals surface area contributed by atoms with E-state index in [4.69, 9.17) is 17.3 Å². The van der Waals surface area contributed by atoms with Crippen molar-refractivity contribution in [3.8, 4) is 0 Å². The van der Waals surface area contributed by atoms with Crippen LogP contribution < -0.4 is 5.73 Å². The van der Waals surface area contributed by atoms with Crippen LogP contribution in [0.2, 0.25) is 4.34 Å². The summed E-state index contributed by atoms with van der Waals surface area (Å²) < 4.78 is 0.847. The summed E-state index contributed by atoms with van der Waals surface area (Å²) in [6.45, 7) is 1.64. The van der Waals surface area contributed by atoms with Gasteiger partial charge in [-0.2, -0.15) is 11.3 Å². The molecule has 1 saturated carbocycles. The Bertz CT molecular complexity index is 519. The van der Waals surface area contributed by atoms with Gasteiger partial charge in [-0.1, -0.05) is 11.6 Å². The molecule has 0 saturated heterocycles. The average Bonchev–Trinajstić information content (AvgIpc) is 2.95. The smallest absolute Gasteiger partial charge is 0.0931 e. The monoisotopic (exact) mass is 312 g/mol. The molecule has 0 bridgehead atoms. The minimum absolute atomic E-state index is 0.296. The summed E-state index contributed by atoms with van der Waals surface area (Å²) in [7, 11) is 0. The summed E-state index contributed by atoms with van der Waals surface area (Å²) in [5.74, 6) is 0. The normalized spacial score (nSPS) is 17.0. The van der Waals surface area contributed by atoms with Crippen LogP contribution in [0.3, 0.4) is 0 Å². The Morgan fingerprint density at radius 2 is 2.21 bits per heavy atom. The second-order valence-corrected chi connectivity index (χ2v) is 7.46. The molecule has 0 amide bonds. The first-order chi connectivity index (χ1) is 9.28. The quantitative estimate of drug-likeness (QED) is 0.869. The molecule has 0 aromatic carbocycles. The highest BCUT2D eigenvalue weighted by atomic mass is 35.5. The SMILES string of the molecule is NCC(c1ccc(Cl)s1)N(Cc1ccsc1)C1CC1. The molecule has 1 fully saturated rings. The molecule has 2 aromatic heterocycles. The van der Waals surface area contributed by atoms with Crippen LogP contribution in [-0.4, -0.2) is 17.5 Å². The van der Waals surface area contributed by atoms with E-state index in [9.17, 15) is 0 Å². The van der Waals surface area contributed by atoms with E-state index < -0.39 is 0 Å². The standard InChI is InChI=1S/C14H17ClN2S2/c15-14-4-3-13(19-14)12(7-16)17(11-1-2-11)8-10-5-6-18-9-10/h3-6,9,11-12H,1-2,7-8,16H2. The molecule has 1 aliphatic rings. The van der Waals surface area contributed by atoms with Crippen molar-refractivity contribution in [3.63, 3.8) is 0 Å². The second-order valence-electron chi connectivity index (χ2n) is 4.93. The van der Waals surface area contributed by atoms with E-state index in [0.29, 0.717) is 18.6 Å². The molecule has 19 heavy (non-hydrogen) atoms. The Kier molecular flexibility index (Phi) is 4.24. The van der Waals surface area contributed by atoms with Crippen LogP contribution in [0.5, 0.6) is 0 Å². The van der Waals surface area contributed by atoms with Crippen LogP contribution in [-0.2, 0) is 6.54 Å². The molecule has 102 valence electrons. The van der Waals surface area contributed by atoms with Crippen molar-refractivity contribution < 1.29 is 0 Å². The third kappa shape index (κ3) is 3.20. The zero-order valence-electron chi connectivity index (χ0n) is 10.6. The van der Waals surface area contributed by atoms with Gasteiger partial charge in [-0.3, -0.25) is 4.90 Å². The van der Waals surface area contributed by atoms with Crippen LogP contribution in [0.15, 0.2) is 29.0 Å². The molecule has 0 aliphatic heterocycles. The van der Waals surface area contributed by atoms with E-state index in [0.717, 1.165) is 10.9 Å². The van der Waals surface area contributed by atoms with Crippen molar-refractivity contribution >= 4 is 34.3 Å². The molecule has 2 heterocycles. The van der Waals surface area contributed by atoms with E-state index in [1.165, 1.54) is 23.3 Å². The molecular formula is C14H17ClN2S2. The molecule has 3 rings (SSSR count). The summed E-state index contributed by atoms with van der Waals surface area (Å²) in [4.78, 5) is 3.83. The van der Waals surface area contributed by atoms with Gasteiger partial charge in [0.15, 0.2) is 0 Å². The average molecular weight is 313 g/mol. The predicted octanol–water partition coefficient (Wildman–Crippen LogP) is 4.13. The Hall–Kier alpha value is -0.390. The molecule has 0 radical (unpaired) electrons. The fourth-order valence-electron chi connectivity index (χ4n) is 2.42. The van der Waals surface area contributed by atoms with E-state index in [1.807, 2.05) is 6.07 Å². The molecule has 1 aliphatic carbocycles. The minimum atomic E-state index is 0.296. The van der Waals surface area contributed by atoms with Crippen molar-refractivity contribution in [2.24, 2.45) is 5.73 Å². The van der Waals surface area contributed by atoms with Crippen LogP contribution >= 0.6 is 34.3 Å². The predicted molar refractivity (Wildman–Crippen MR) is 84.0 cm³/mol. The minimum Gasteiger partial charge on any atom is -0.329 e. The van der Waals surface area contributed by atoms with Crippen LogP contribution in [0, 0.1) is 0 Å². The second kappa shape index (κ2) is 5.94. The molecule has 2 nitrogen and oxygen atoms in total. The summed E-state index contributed by atoms with van der Waals surface area (Å²) >= 11 is 9.47.